The van der Waals surface area contributed by atoms with Gasteiger partial charge in [0, 0.05) is 6.42 Å². The Balaban J connectivity index is 2.37. The Labute approximate surface area is 147 Å². The molecule has 2 heterocycles. The van der Waals surface area contributed by atoms with E-state index in [1.54, 1.807) is 11.4 Å². The van der Waals surface area contributed by atoms with E-state index in [4.69, 9.17) is 0 Å². The molecule has 6 nitrogen and oxygen atoms in total. The predicted octanol–water partition coefficient (Wildman–Crippen LogP) is 2.02. The van der Waals surface area contributed by atoms with Gasteiger partial charge in [0.05, 0.1) is 6.54 Å². The Kier molecular flexibility index (Phi) is 6.54. The minimum atomic E-state index is -4.00. The number of thiophene rings is 1. The van der Waals surface area contributed by atoms with E-state index in [1.165, 1.54) is 6.07 Å². The summed E-state index contributed by atoms with van der Waals surface area (Å²) in [6, 6.07) is 2.19. The van der Waals surface area contributed by atoms with E-state index < -0.39 is 22.0 Å². The quantitative estimate of drug-likeness (QED) is 0.826. The second-order valence-corrected chi connectivity index (χ2v) is 9.35. The number of carbonyl (C=O) groups excluding carboxylic acids is 2. The number of nitrogens with zero attached hydrogens (tertiary/aromatic N) is 1. The fourth-order valence-corrected chi connectivity index (χ4v) is 5.37. The van der Waals surface area contributed by atoms with Crippen molar-refractivity contribution in [3.8, 4) is 0 Å². The zero-order valence-electron chi connectivity index (χ0n) is 14.0. The van der Waals surface area contributed by atoms with Crippen molar-refractivity contribution in [2.45, 2.75) is 49.8 Å². The van der Waals surface area contributed by atoms with Crippen LogP contribution in [0.25, 0.3) is 0 Å². The van der Waals surface area contributed by atoms with Crippen molar-refractivity contribution in [3.05, 3.63) is 17.5 Å². The van der Waals surface area contributed by atoms with Crippen LogP contribution >= 0.6 is 11.3 Å². The zero-order valence-corrected chi connectivity index (χ0v) is 15.7. The van der Waals surface area contributed by atoms with Crippen LogP contribution in [0.4, 0.5) is 0 Å². The molecule has 0 aromatic carbocycles. The van der Waals surface area contributed by atoms with Crippen molar-refractivity contribution in [2.75, 3.05) is 13.1 Å². The van der Waals surface area contributed by atoms with E-state index in [-0.39, 0.29) is 28.9 Å². The summed E-state index contributed by atoms with van der Waals surface area (Å²) in [4.78, 5) is 25.1. The summed E-state index contributed by atoms with van der Waals surface area (Å²) >= 11 is 1.06. The summed E-state index contributed by atoms with van der Waals surface area (Å²) in [5.74, 6) is -0.449. The molecule has 1 amide bonds. The smallest absolute Gasteiger partial charge is 0.276 e. The highest BCUT2D eigenvalue weighted by atomic mass is 32.2. The van der Waals surface area contributed by atoms with Gasteiger partial charge in [0.25, 0.3) is 10.0 Å². The Morgan fingerprint density at radius 1 is 1.46 bits per heavy atom. The fourth-order valence-electron chi connectivity index (χ4n) is 2.66. The molecule has 24 heavy (non-hydrogen) atoms. The maximum Gasteiger partial charge on any atom is 0.276 e. The van der Waals surface area contributed by atoms with Crippen LogP contribution < -0.4 is 5.32 Å². The predicted molar refractivity (Wildman–Crippen MR) is 93.3 cm³/mol. The van der Waals surface area contributed by atoms with E-state index in [9.17, 15) is 18.0 Å². The largest absolute Gasteiger partial charge is 0.310 e. The molecule has 1 fully saturated rings. The van der Waals surface area contributed by atoms with E-state index in [2.05, 4.69) is 5.32 Å². The van der Waals surface area contributed by atoms with Crippen LogP contribution in [0.15, 0.2) is 21.7 Å². The summed E-state index contributed by atoms with van der Waals surface area (Å²) in [5, 5.41) is 4.63. The molecule has 1 aliphatic rings. The van der Waals surface area contributed by atoms with E-state index >= 15 is 0 Å². The van der Waals surface area contributed by atoms with Gasteiger partial charge in [-0.1, -0.05) is 19.9 Å². The van der Waals surface area contributed by atoms with Gasteiger partial charge in [-0.3, -0.25) is 9.59 Å². The van der Waals surface area contributed by atoms with Crippen LogP contribution in [0, 0.1) is 5.92 Å². The van der Waals surface area contributed by atoms with Crippen molar-refractivity contribution in [2.24, 2.45) is 5.92 Å². The molecule has 0 saturated carbocycles. The zero-order chi connectivity index (χ0) is 17.7. The number of sulfonamides is 1. The molecule has 0 unspecified atom stereocenters. The standard InChI is InChI=1S/C16H24N2O4S2/c1-12(2)7-8-15(20)18(13-5-3-9-17-11-14(13)19)24(21,22)16-6-4-10-23-16/h4,6,10,12-13,17H,3,5,7-9,11H2,1-2H3/t13-/m0/s1. The van der Waals surface area contributed by atoms with Crippen LogP contribution in [0.2, 0.25) is 0 Å². The average molecular weight is 373 g/mol. The maximum atomic E-state index is 13.0. The summed E-state index contributed by atoms with van der Waals surface area (Å²) in [5.41, 5.74) is 0. The van der Waals surface area contributed by atoms with Crippen LogP contribution in [-0.4, -0.2) is 43.5 Å². The van der Waals surface area contributed by atoms with Gasteiger partial charge < -0.3 is 5.32 Å². The van der Waals surface area contributed by atoms with Gasteiger partial charge in [0.15, 0.2) is 5.78 Å². The van der Waals surface area contributed by atoms with Crippen LogP contribution in [-0.2, 0) is 19.6 Å². The SMILES string of the molecule is CC(C)CCC(=O)N([C@H]1CCCNCC1=O)S(=O)(=O)c1cccs1. The average Bonchev–Trinajstić information content (AvgIpc) is 2.99. The molecular formula is C16H24N2O4S2. The topological polar surface area (TPSA) is 83.6 Å². The van der Waals surface area contributed by atoms with Gasteiger partial charge in [0.2, 0.25) is 5.91 Å². The van der Waals surface area contributed by atoms with Gasteiger partial charge in [-0.05, 0) is 43.2 Å². The lowest BCUT2D eigenvalue weighted by Crippen LogP contribution is -2.49. The number of hydrogen-bond acceptors (Lipinski definition) is 6. The van der Waals surface area contributed by atoms with Crippen LogP contribution in [0.1, 0.15) is 39.5 Å². The van der Waals surface area contributed by atoms with Crippen molar-refractivity contribution < 1.29 is 18.0 Å². The van der Waals surface area contributed by atoms with Crippen LogP contribution in [0.3, 0.4) is 0 Å². The first-order valence-corrected chi connectivity index (χ1v) is 10.5. The molecule has 134 valence electrons. The summed E-state index contributed by atoms with van der Waals surface area (Å²) in [6.45, 7) is 4.70. The number of rotatable bonds is 6. The minimum Gasteiger partial charge on any atom is -0.310 e. The number of nitrogens with one attached hydrogen (secondary N) is 1. The third-order valence-electron chi connectivity index (χ3n) is 3.97. The normalized spacial score (nSPS) is 19.3. The van der Waals surface area contributed by atoms with Crippen molar-refractivity contribution in [1.29, 1.82) is 0 Å². The van der Waals surface area contributed by atoms with E-state index in [1.807, 2.05) is 13.8 Å². The molecule has 0 radical (unpaired) electrons. The molecule has 1 saturated heterocycles. The molecule has 1 aromatic heterocycles. The minimum absolute atomic E-state index is 0.0958. The lowest BCUT2D eigenvalue weighted by molar-refractivity contribution is -0.133. The first-order chi connectivity index (χ1) is 11.3. The highest BCUT2D eigenvalue weighted by Gasteiger charge is 2.39. The fraction of sp³-hybridized carbons (Fsp3) is 0.625. The third kappa shape index (κ3) is 4.43. The van der Waals surface area contributed by atoms with E-state index in [0.717, 1.165) is 15.6 Å². The highest BCUT2D eigenvalue weighted by molar-refractivity contribution is 7.91. The molecule has 0 bridgehead atoms. The Hall–Kier alpha value is -1.25. The number of hydrogen-bond donors (Lipinski definition) is 1. The first-order valence-electron chi connectivity index (χ1n) is 8.18. The number of amides is 1. The summed E-state index contributed by atoms with van der Waals surface area (Å²) in [6.07, 6.45) is 1.74. The molecule has 0 spiro atoms. The second-order valence-electron chi connectivity index (χ2n) is 6.36. The molecule has 1 aliphatic heterocycles. The Morgan fingerprint density at radius 2 is 2.21 bits per heavy atom. The van der Waals surface area contributed by atoms with E-state index in [0.29, 0.717) is 25.8 Å². The maximum absolute atomic E-state index is 13.0. The molecule has 0 aliphatic carbocycles. The van der Waals surface area contributed by atoms with Crippen molar-refractivity contribution in [3.63, 3.8) is 0 Å². The number of Topliss-reactive ketones (excluding diaryl/α,β-unsaturated/α-hetero) is 1. The van der Waals surface area contributed by atoms with Crippen molar-refractivity contribution in [1.82, 2.24) is 9.62 Å². The molecule has 8 heteroatoms. The Bertz CT molecular complexity index is 668. The first kappa shape index (κ1) is 19.1. The van der Waals surface area contributed by atoms with Crippen LogP contribution in [0.5, 0.6) is 0 Å². The highest BCUT2D eigenvalue weighted by Crippen LogP contribution is 2.26. The van der Waals surface area contributed by atoms with Gasteiger partial charge in [0.1, 0.15) is 10.3 Å². The monoisotopic (exact) mass is 372 g/mol. The summed E-state index contributed by atoms with van der Waals surface area (Å²) < 4.78 is 26.9. The summed E-state index contributed by atoms with van der Waals surface area (Å²) in [7, 11) is -4.00. The van der Waals surface area contributed by atoms with Crippen molar-refractivity contribution >= 4 is 33.1 Å². The third-order valence-corrected chi connectivity index (χ3v) is 7.18. The number of carbonyl (C=O) groups is 2. The lowest BCUT2D eigenvalue weighted by atomic mass is 10.1. The molecule has 1 N–H and O–H groups in total. The van der Waals surface area contributed by atoms with Gasteiger partial charge in [-0.2, -0.15) is 0 Å². The van der Waals surface area contributed by atoms with Gasteiger partial charge in [-0.25, -0.2) is 12.7 Å². The molecular weight excluding hydrogens is 348 g/mol. The second kappa shape index (κ2) is 8.22. The lowest BCUT2D eigenvalue weighted by Gasteiger charge is -2.29. The Morgan fingerprint density at radius 3 is 2.83 bits per heavy atom. The molecule has 1 aromatic rings. The molecule has 2 rings (SSSR count). The molecule has 1 atom stereocenters. The van der Waals surface area contributed by atoms with Gasteiger partial charge in [-0.15, -0.1) is 11.3 Å². The number of ketones is 1. The van der Waals surface area contributed by atoms with Gasteiger partial charge >= 0.3 is 0 Å².